The number of fused-ring (bicyclic) bond motifs is 1. The van der Waals surface area contributed by atoms with Gasteiger partial charge in [0.25, 0.3) is 0 Å². The monoisotopic (exact) mass is 411 g/mol. The second-order valence-electron chi connectivity index (χ2n) is 4.95. The Morgan fingerprint density at radius 2 is 1.90 bits per heavy atom. The summed E-state index contributed by atoms with van der Waals surface area (Å²) in [7, 11) is 0. The molecule has 110 valence electrons. The van der Waals surface area contributed by atoms with E-state index in [1.54, 1.807) is 0 Å². The first-order chi connectivity index (χ1) is 10.1. The molecule has 2 aromatic carbocycles. The zero-order valence-corrected chi connectivity index (χ0v) is 14.7. The lowest BCUT2D eigenvalue weighted by Crippen LogP contribution is -2.18. The van der Waals surface area contributed by atoms with Gasteiger partial charge in [-0.25, -0.2) is 0 Å². The molecule has 0 aromatic heterocycles. The average molecular weight is 413 g/mol. The molecule has 21 heavy (non-hydrogen) atoms. The molecule has 0 aliphatic carbocycles. The largest absolute Gasteiger partial charge is 0.454 e. The van der Waals surface area contributed by atoms with E-state index in [0.717, 1.165) is 32.6 Å². The molecule has 1 aliphatic rings. The Kier molecular flexibility index (Phi) is 4.52. The Bertz CT molecular complexity index is 661. The molecule has 1 atom stereocenters. The lowest BCUT2D eigenvalue weighted by Gasteiger charge is -2.15. The van der Waals surface area contributed by atoms with Crippen LogP contribution in [0.1, 0.15) is 24.1 Å². The van der Waals surface area contributed by atoms with E-state index in [2.05, 4.69) is 56.2 Å². The van der Waals surface area contributed by atoms with Gasteiger partial charge in [0.15, 0.2) is 11.5 Å². The van der Waals surface area contributed by atoms with Crippen LogP contribution in [0.3, 0.4) is 0 Å². The van der Waals surface area contributed by atoms with Crippen molar-refractivity contribution in [2.75, 3.05) is 6.79 Å². The number of ether oxygens (including phenoxy) is 2. The van der Waals surface area contributed by atoms with E-state index in [0.29, 0.717) is 6.79 Å². The number of hydrogen-bond donors (Lipinski definition) is 1. The lowest BCUT2D eigenvalue weighted by molar-refractivity contribution is 0.174. The zero-order chi connectivity index (χ0) is 14.8. The van der Waals surface area contributed by atoms with E-state index in [1.165, 1.54) is 5.56 Å². The molecule has 3 nitrogen and oxygen atoms in total. The molecule has 3 rings (SSSR count). The van der Waals surface area contributed by atoms with Crippen LogP contribution >= 0.6 is 31.9 Å². The molecule has 0 fully saturated rings. The van der Waals surface area contributed by atoms with Gasteiger partial charge in [-0.05, 0) is 42.3 Å². The van der Waals surface area contributed by atoms with Crippen LogP contribution in [0.15, 0.2) is 45.3 Å². The SMILES string of the molecule is C[C@H](NCc1cc2c(cc1Br)OCO2)c1cccc(Br)c1. The number of rotatable bonds is 4. The summed E-state index contributed by atoms with van der Waals surface area (Å²) < 4.78 is 12.9. The topological polar surface area (TPSA) is 30.5 Å². The van der Waals surface area contributed by atoms with Crippen LogP contribution in [0.25, 0.3) is 0 Å². The van der Waals surface area contributed by atoms with Crippen LogP contribution in [0.5, 0.6) is 11.5 Å². The maximum atomic E-state index is 5.42. The van der Waals surface area contributed by atoms with Gasteiger partial charge in [0.1, 0.15) is 0 Å². The molecule has 0 saturated carbocycles. The third-order valence-electron chi connectivity index (χ3n) is 3.49. The molecule has 1 aliphatic heterocycles. The van der Waals surface area contributed by atoms with Crippen molar-refractivity contribution in [3.05, 3.63) is 56.5 Å². The number of benzene rings is 2. The van der Waals surface area contributed by atoms with Gasteiger partial charge >= 0.3 is 0 Å². The molecular formula is C16H15Br2NO2. The minimum absolute atomic E-state index is 0.264. The molecule has 0 saturated heterocycles. The summed E-state index contributed by atoms with van der Waals surface area (Å²) in [5, 5.41) is 3.53. The van der Waals surface area contributed by atoms with Crippen molar-refractivity contribution in [3.63, 3.8) is 0 Å². The highest BCUT2D eigenvalue weighted by atomic mass is 79.9. The summed E-state index contributed by atoms with van der Waals surface area (Å²) in [6.07, 6.45) is 0. The maximum absolute atomic E-state index is 5.42. The highest BCUT2D eigenvalue weighted by Gasteiger charge is 2.16. The quantitative estimate of drug-likeness (QED) is 0.782. The highest BCUT2D eigenvalue weighted by molar-refractivity contribution is 9.10. The second kappa shape index (κ2) is 6.38. The Labute approximate surface area is 140 Å². The number of halogens is 2. The Hall–Kier alpha value is -1.04. The van der Waals surface area contributed by atoms with E-state index >= 15 is 0 Å². The molecule has 5 heteroatoms. The third kappa shape index (κ3) is 3.42. The fourth-order valence-corrected chi connectivity index (χ4v) is 3.13. The minimum atomic E-state index is 0.264. The van der Waals surface area contributed by atoms with Crippen LogP contribution in [0.4, 0.5) is 0 Å². The predicted molar refractivity (Wildman–Crippen MR) is 89.7 cm³/mol. The molecular weight excluding hydrogens is 398 g/mol. The Morgan fingerprint density at radius 1 is 1.14 bits per heavy atom. The lowest BCUT2D eigenvalue weighted by atomic mass is 10.1. The first-order valence-corrected chi connectivity index (χ1v) is 8.29. The first-order valence-electron chi connectivity index (χ1n) is 6.70. The van der Waals surface area contributed by atoms with Crippen LogP contribution in [-0.4, -0.2) is 6.79 Å². The summed E-state index contributed by atoms with van der Waals surface area (Å²) in [6, 6.07) is 12.6. The summed E-state index contributed by atoms with van der Waals surface area (Å²) >= 11 is 7.09. The summed E-state index contributed by atoms with van der Waals surface area (Å²) in [5.41, 5.74) is 2.40. The molecule has 1 N–H and O–H groups in total. The van der Waals surface area contributed by atoms with Gasteiger partial charge in [-0.1, -0.05) is 44.0 Å². The fraction of sp³-hybridized carbons (Fsp3) is 0.250. The second-order valence-corrected chi connectivity index (χ2v) is 6.72. The van der Waals surface area contributed by atoms with Crippen molar-refractivity contribution in [2.45, 2.75) is 19.5 Å². The predicted octanol–water partition coefficient (Wildman–Crippen LogP) is 4.79. The van der Waals surface area contributed by atoms with Crippen LogP contribution in [0.2, 0.25) is 0 Å². The molecule has 2 aromatic rings. The van der Waals surface area contributed by atoms with Crippen molar-refractivity contribution < 1.29 is 9.47 Å². The van der Waals surface area contributed by atoms with Crippen LogP contribution in [-0.2, 0) is 6.54 Å². The summed E-state index contributed by atoms with van der Waals surface area (Å²) in [6.45, 7) is 3.21. The van der Waals surface area contributed by atoms with Gasteiger partial charge in [-0.15, -0.1) is 0 Å². The van der Waals surface area contributed by atoms with Crippen molar-refractivity contribution in [1.82, 2.24) is 5.32 Å². The van der Waals surface area contributed by atoms with E-state index in [9.17, 15) is 0 Å². The van der Waals surface area contributed by atoms with E-state index in [1.807, 2.05) is 24.3 Å². The summed E-state index contributed by atoms with van der Waals surface area (Å²) in [4.78, 5) is 0. The smallest absolute Gasteiger partial charge is 0.231 e. The standard InChI is InChI=1S/C16H15Br2NO2/c1-10(11-3-2-4-13(17)5-11)19-8-12-6-15-16(7-14(12)18)21-9-20-15/h2-7,10,19H,8-9H2,1H3/t10-/m0/s1. The average Bonchev–Trinajstić information content (AvgIpc) is 2.91. The van der Waals surface area contributed by atoms with Crippen molar-refractivity contribution in [3.8, 4) is 11.5 Å². The van der Waals surface area contributed by atoms with Crippen molar-refractivity contribution in [1.29, 1.82) is 0 Å². The first kappa shape index (κ1) is 14.9. The van der Waals surface area contributed by atoms with Crippen molar-refractivity contribution >= 4 is 31.9 Å². The third-order valence-corrected chi connectivity index (χ3v) is 4.72. The van der Waals surface area contributed by atoms with E-state index in [4.69, 9.17) is 9.47 Å². The van der Waals surface area contributed by atoms with Gasteiger partial charge in [-0.2, -0.15) is 0 Å². The summed E-state index contributed by atoms with van der Waals surface area (Å²) in [5.74, 6) is 1.61. The number of hydrogen-bond acceptors (Lipinski definition) is 3. The molecule has 1 heterocycles. The molecule has 0 radical (unpaired) electrons. The molecule has 0 spiro atoms. The highest BCUT2D eigenvalue weighted by Crippen LogP contribution is 2.37. The van der Waals surface area contributed by atoms with Gasteiger partial charge in [-0.3, -0.25) is 0 Å². The minimum Gasteiger partial charge on any atom is -0.454 e. The molecule has 0 amide bonds. The van der Waals surface area contributed by atoms with Crippen LogP contribution in [0, 0.1) is 0 Å². The molecule has 0 bridgehead atoms. The van der Waals surface area contributed by atoms with Crippen LogP contribution < -0.4 is 14.8 Å². The fourth-order valence-electron chi connectivity index (χ4n) is 2.25. The van der Waals surface area contributed by atoms with E-state index in [-0.39, 0.29) is 6.04 Å². The zero-order valence-electron chi connectivity index (χ0n) is 11.5. The van der Waals surface area contributed by atoms with Crippen molar-refractivity contribution in [2.24, 2.45) is 0 Å². The Morgan fingerprint density at radius 3 is 2.67 bits per heavy atom. The van der Waals surface area contributed by atoms with E-state index < -0.39 is 0 Å². The maximum Gasteiger partial charge on any atom is 0.231 e. The van der Waals surface area contributed by atoms with Gasteiger partial charge in [0.2, 0.25) is 6.79 Å². The Balaban J connectivity index is 1.70. The van der Waals surface area contributed by atoms with Gasteiger partial charge in [0, 0.05) is 21.5 Å². The number of nitrogens with one attached hydrogen (secondary N) is 1. The van der Waals surface area contributed by atoms with Gasteiger partial charge in [0.05, 0.1) is 0 Å². The van der Waals surface area contributed by atoms with Gasteiger partial charge < -0.3 is 14.8 Å². The molecule has 0 unspecified atom stereocenters. The normalized spacial score (nSPS) is 14.2.